The van der Waals surface area contributed by atoms with Crippen molar-refractivity contribution in [2.24, 2.45) is 17.3 Å². The van der Waals surface area contributed by atoms with Crippen molar-refractivity contribution in [3.63, 3.8) is 0 Å². The molecule has 0 saturated heterocycles. The normalized spacial score (nSPS) is 49.6. The maximum Gasteiger partial charge on any atom is 0.303 e. The van der Waals surface area contributed by atoms with E-state index in [1.807, 2.05) is 0 Å². The first kappa shape index (κ1) is 11.1. The summed E-state index contributed by atoms with van der Waals surface area (Å²) < 4.78 is 0.371. The van der Waals surface area contributed by atoms with E-state index in [1.54, 1.807) is 0 Å². The number of hydrogen-bond acceptors (Lipinski definition) is 1. The highest BCUT2D eigenvalue weighted by Gasteiger charge is 2.56. The molecule has 1 N–H and O–H groups in total. The number of alkyl halides is 1. The molecule has 0 radical (unpaired) electrons. The van der Waals surface area contributed by atoms with Crippen LogP contribution in [0.3, 0.4) is 0 Å². The second kappa shape index (κ2) is 3.47. The number of aliphatic carboxylic acids is 1. The van der Waals surface area contributed by atoms with Crippen LogP contribution in [0.5, 0.6) is 0 Å². The Kier molecular flexibility index (Phi) is 2.40. The van der Waals surface area contributed by atoms with Gasteiger partial charge in [-0.3, -0.25) is 4.79 Å². The van der Waals surface area contributed by atoms with E-state index in [4.69, 9.17) is 5.11 Å². The number of carbonyl (C=O) groups is 1. The van der Waals surface area contributed by atoms with Crippen molar-refractivity contribution in [1.29, 1.82) is 0 Å². The van der Waals surface area contributed by atoms with Crippen molar-refractivity contribution in [3.8, 4) is 0 Å². The molecule has 2 nitrogen and oxygen atoms in total. The van der Waals surface area contributed by atoms with Crippen LogP contribution in [0.4, 0.5) is 0 Å². The molecule has 0 amide bonds. The van der Waals surface area contributed by atoms with Crippen molar-refractivity contribution in [1.82, 2.24) is 0 Å². The molecule has 4 rings (SSSR count). The van der Waals surface area contributed by atoms with Crippen LogP contribution in [0, 0.1) is 17.3 Å². The third-order valence-corrected chi connectivity index (χ3v) is 5.91. The fourth-order valence-electron chi connectivity index (χ4n) is 5.00. The summed E-state index contributed by atoms with van der Waals surface area (Å²) in [6.45, 7) is 0. The molecule has 0 spiro atoms. The zero-order valence-electron chi connectivity index (χ0n) is 9.54. The Morgan fingerprint density at radius 2 is 1.88 bits per heavy atom. The zero-order chi connectivity index (χ0) is 11.4. The summed E-state index contributed by atoms with van der Waals surface area (Å²) in [4.78, 5) is 10.8. The third kappa shape index (κ3) is 1.81. The summed E-state index contributed by atoms with van der Waals surface area (Å²) in [5.74, 6) is 1.11. The van der Waals surface area contributed by atoms with Crippen molar-refractivity contribution >= 4 is 21.9 Å². The first-order chi connectivity index (χ1) is 7.49. The van der Waals surface area contributed by atoms with E-state index in [-0.39, 0.29) is 0 Å². The molecule has 4 aliphatic carbocycles. The minimum absolute atomic E-state index is 0.364. The van der Waals surface area contributed by atoms with E-state index < -0.39 is 5.97 Å². The Labute approximate surface area is 105 Å². The number of carboxylic acid groups (broad SMARTS) is 1. The molecule has 0 aromatic rings. The highest BCUT2D eigenvalue weighted by atomic mass is 79.9. The predicted octanol–water partition coefficient (Wildman–Crippen LogP) is 3.59. The Hall–Kier alpha value is -0.0500. The standard InChI is InChI=1S/C13H19BrO2/c14-13-6-9-3-10(7-13)5-12(4-9,8-13)2-1-11(15)16/h9-10H,1-8H2,(H,15,16). The van der Waals surface area contributed by atoms with Gasteiger partial charge in [-0.15, -0.1) is 0 Å². The average Bonchev–Trinajstić information content (AvgIpc) is 2.10. The second-order valence-corrected chi connectivity index (χ2v) is 8.19. The van der Waals surface area contributed by atoms with Crippen LogP contribution in [0.25, 0.3) is 0 Å². The molecule has 4 fully saturated rings. The fraction of sp³-hybridized carbons (Fsp3) is 0.923. The molecule has 0 heterocycles. The monoisotopic (exact) mass is 286 g/mol. The van der Waals surface area contributed by atoms with E-state index in [9.17, 15) is 4.79 Å². The van der Waals surface area contributed by atoms with Crippen LogP contribution in [-0.2, 0) is 4.79 Å². The smallest absolute Gasteiger partial charge is 0.303 e. The van der Waals surface area contributed by atoms with Gasteiger partial charge in [0.15, 0.2) is 0 Å². The summed E-state index contributed by atoms with van der Waals surface area (Å²) in [7, 11) is 0. The van der Waals surface area contributed by atoms with Crippen LogP contribution in [0.2, 0.25) is 0 Å². The molecule has 3 heteroatoms. The van der Waals surface area contributed by atoms with E-state index in [2.05, 4.69) is 15.9 Å². The molecule has 0 aliphatic heterocycles. The van der Waals surface area contributed by atoms with E-state index >= 15 is 0 Å². The average molecular weight is 287 g/mol. The molecular formula is C13H19BrO2. The van der Waals surface area contributed by atoms with Crippen LogP contribution >= 0.6 is 15.9 Å². The maximum atomic E-state index is 10.8. The molecule has 2 unspecified atom stereocenters. The van der Waals surface area contributed by atoms with Crippen LogP contribution in [0.1, 0.15) is 51.4 Å². The Morgan fingerprint density at radius 3 is 2.38 bits per heavy atom. The van der Waals surface area contributed by atoms with Gasteiger partial charge in [-0.1, -0.05) is 15.9 Å². The largest absolute Gasteiger partial charge is 0.481 e. The van der Waals surface area contributed by atoms with Gasteiger partial charge in [-0.05, 0) is 62.2 Å². The summed E-state index contributed by atoms with van der Waals surface area (Å²) >= 11 is 3.95. The quantitative estimate of drug-likeness (QED) is 0.805. The first-order valence-electron chi connectivity index (χ1n) is 6.39. The molecule has 4 aliphatic rings. The lowest BCUT2D eigenvalue weighted by atomic mass is 9.48. The minimum atomic E-state index is -0.626. The van der Waals surface area contributed by atoms with Crippen molar-refractivity contribution in [3.05, 3.63) is 0 Å². The highest BCUT2D eigenvalue weighted by Crippen LogP contribution is 2.65. The molecule has 2 atom stereocenters. The number of halogens is 1. The van der Waals surface area contributed by atoms with Crippen LogP contribution < -0.4 is 0 Å². The molecule has 0 aromatic carbocycles. The number of rotatable bonds is 3. The van der Waals surface area contributed by atoms with Crippen molar-refractivity contribution in [2.45, 2.75) is 55.7 Å². The molecule has 90 valence electrons. The molecule has 4 saturated carbocycles. The van der Waals surface area contributed by atoms with Gasteiger partial charge in [0.1, 0.15) is 0 Å². The zero-order valence-corrected chi connectivity index (χ0v) is 11.1. The lowest BCUT2D eigenvalue weighted by Gasteiger charge is -2.60. The third-order valence-electron chi connectivity index (χ3n) is 4.98. The van der Waals surface area contributed by atoms with Gasteiger partial charge in [0, 0.05) is 10.7 Å². The number of carboxylic acids is 1. The molecule has 0 aromatic heterocycles. The summed E-state index contributed by atoms with van der Waals surface area (Å²) in [6.07, 6.45) is 9.15. The Bertz CT molecular complexity index is 312. The van der Waals surface area contributed by atoms with Crippen LogP contribution in [0.15, 0.2) is 0 Å². The van der Waals surface area contributed by atoms with Crippen LogP contribution in [-0.4, -0.2) is 15.4 Å². The van der Waals surface area contributed by atoms with E-state index in [1.165, 1.54) is 38.5 Å². The molecule has 16 heavy (non-hydrogen) atoms. The second-order valence-electron chi connectivity index (χ2n) is 6.51. The number of hydrogen-bond donors (Lipinski definition) is 1. The summed E-state index contributed by atoms with van der Waals surface area (Å²) in [5.41, 5.74) is 0.367. The van der Waals surface area contributed by atoms with Gasteiger partial charge >= 0.3 is 5.97 Å². The van der Waals surface area contributed by atoms with E-state index in [0.29, 0.717) is 16.2 Å². The summed E-state index contributed by atoms with van der Waals surface area (Å²) in [5, 5.41) is 8.87. The van der Waals surface area contributed by atoms with Crippen molar-refractivity contribution < 1.29 is 9.90 Å². The van der Waals surface area contributed by atoms with Gasteiger partial charge < -0.3 is 5.11 Å². The first-order valence-corrected chi connectivity index (χ1v) is 7.19. The minimum Gasteiger partial charge on any atom is -0.481 e. The topological polar surface area (TPSA) is 37.3 Å². The fourth-order valence-corrected chi connectivity index (χ4v) is 6.51. The lowest BCUT2D eigenvalue weighted by molar-refractivity contribution is -0.139. The van der Waals surface area contributed by atoms with Gasteiger partial charge in [0.25, 0.3) is 0 Å². The Morgan fingerprint density at radius 1 is 1.25 bits per heavy atom. The molecular weight excluding hydrogens is 268 g/mol. The lowest BCUT2D eigenvalue weighted by Crippen LogP contribution is -2.52. The summed E-state index contributed by atoms with van der Waals surface area (Å²) in [6, 6.07) is 0. The van der Waals surface area contributed by atoms with Gasteiger partial charge in [0.2, 0.25) is 0 Å². The maximum absolute atomic E-state index is 10.8. The van der Waals surface area contributed by atoms with Gasteiger partial charge in [-0.25, -0.2) is 0 Å². The highest BCUT2D eigenvalue weighted by molar-refractivity contribution is 9.10. The van der Waals surface area contributed by atoms with Crippen molar-refractivity contribution in [2.75, 3.05) is 0 Å². The predicted molar refractivity (Wildman–Crippen MR) is 65.6 cm³/mol. The van der Waals surface area contributed by atoms with Gasteiger partial charge in [-0.2, -0.15) is 0 Å². The van der Waals surface area contributed by atoms with Gasteiger partial charge in [0.05, 0.1) is 0 Å². The SMILES string of the molecule is O=C(O)CCC12CC3CC(CC(Br)(C3)C1)C2. The van der Waals surface area contributed by atoms with E-state index in [0.717, 1.165) is 18.3 Å². The Balaban J connectivity index is 1.78. The molecule has 4 bridgehead atoms.